The second-order valence-corrected chi connectivity index (χ2v) is 20.0. The van der Waals surface area contributed by atoms with E-state index in [1.54, 1.807) is 24.6 Å². The topological polar surface area (TPSA) is 188 Å². The third-order valence-corrected chi connectivity index (χ3v) is 13.7. The van der Waals surface area contributed by atoms with E-state index in [9.17, 15) is 37.5 Å². The molecule has 19 heteroatoms. The molecule has 3 heterocycles. The molecule has 1 aliphatic rings. The van der Waals surface area contributed by atoms with Gasteiger partial charge >= 0.3 is 0 Å². The van der Waals surface area contributed by atoms with Crippen molar-refractivity contribution in [2.24, 2.45) is 5.92 Å². The molecule has 376 valence electrons. The number of aryl methyl sites for hydroxylation is 2. The zero-order chi connectivity index (χ0) is 50.3. The second-order valence-electron chi connectivity index (χ2n) is 17.9. The lowest BCUT2D eigenvalue weighted by molar-refractivity contribution is -0.141. The van der Waals surface area contributed by atoms with Gasteiger partial charge in [-0.15, -0.1) is 11.3 Å². The van der Waals surface area contributed by atoms with E-state index in [1.165, 1.54) is 28.4 Å². The van der Waals surface area contributed by atoms with Crippen molar-refractivity contribution in [1.82, 2.24) is 31.0 Å². The Morgan fingerprint density at radius 1 is 0.929 bits per heavy atom. The van der Waals surface area contributed by atoms with Crippen LogP contribution >= 0.6 is 33.9 Å². The molecular formula is C51H61F3IN7O7S. The van der Waals surface area contributed by atoms with E-state index in [1.807, 2.05) is 67.6 Å². The Morgan fingerprint density at radius 2 is 1.66 bits per heavy atom. The van der Waals surface area contributed by atoms with Crippen molar-refractivity contribution in [3.05, 3.63) is 115 Å². The van der Waals surface area contributed by atoms with Gasteiger partial charge in [0.25, 0.3) is 0 Å². The predicted octanol–water partition coefficient (Wildman–Crippen LogP) is 9.08. The maximum atomic E-state index is 14.7. The van der Waals surface area contributed by atoms with Crippen LogP contribution in [0.25, 0.3) is 10.4 Å². The first-order valence-electron chi connectivity index (χ1n) is 23.6. The number of Topliss-reactive ketones (excluding diaryl/α,β-unsaturated/α-hetero) is 1. The van der Waals surface area contributed by atoms with Crippen LogP contribution in [0.1, 0.15) is 110 Å². The van der Waals surface area contributed by atoms with Crippen LogP contribution in [0.4, 0.5) is 24.5 Å². The molecule has 5 N–H and O–H groups in total. The fourth-order valence-electron chi connectivity index (χ4n) is 8.40. The molecule has 6 rings (SSSR count). The standard InChI is InChI=1S/C51H61F3IN7O7S/c1-30(2)46(44-23-31(3)61-69-44)51(67)62-27-36(63)25-42(62)50(66)60-41(33-11-13-34(14-12-33)49-32(4)58-29-70-49)26-45(65)57-21-9-7-5-6-8-19-56-20-10-22-68-28-43(64)37-16-17-38(52)47(54)48(37)59-40-18-15-35(55)24-39(40)53/h11-18,23-24,29-30,36,41-42,46,56,59,63H,5-10,19-22,25-28H2,1-4H3,(H,57,65)(H,60,66)/t36-,41+,42+,46-/m1/s1. The highest BCUT2D eigenvalue weighted by Crippen LogP contribution is 2.33. The van der Waals surface area contributed by atoms with E-state index >= 15 is 0 Å². The van der Waals surface area contributed by atoms with E-state index in [0.29, 0.717) is 34.5 Å². The van der Waals surface area contributed by atoms with Crippen LogP contribution in [0.15, 0.2) is 70.7 Å². The molecule has 1 fully saturated rings. The summed E-state index contributed by atoms with van der Waals surface area (Å²) < 4.78 is 54.9. The van der Waals surface area contributed by atoms with Crippen LogP contribution in [-0.2, 0) is 19.1 Å². The summed E-state index contributed by atoms with van der Waals surface area (Å²) in [6, 6.07) is 13.9. The smallest absolute Gasteiger partial charge is 0.243 e. The first kappa shape index (κ1) is 54.1. The first-order chi connectivity index (χ1) is 33.6. The number of benzene rings is 3. The van der Waals surface area contributed by atoms with Crippen molar-refractivity contribution in [3.8, 4) is 10.4 Å². The van der Waals surface area contributed by atoms with Gasteiger partial charge in [-0.3, -0.25) is 19.2 Å². The molecule has 0 saturated carbocycles. The zero-order valence-corrected chi connectivity index (χ0v) is 42.8. The van der Waals surface area contributed by atoms with Gasteiger partial charge < -0.3 is 40.5 Å². The Labute approximate surface area is 424 Å². The highest BCUT2D eigenvalue weighted by molar-refractivity contribution is 14.1. The zero-order valence-electron chi connectivity index (χ0n) is 39.8. The number of aromatic nitrogens is 2. The van der Waals surface area contributed by atoms with E-state index in [2.05, 4.69) is 31.4 Å². The molecule has 5 aromatic rings. The number of hydrogen-bond acceptors (Lipinski definition) is 12. The minimum atomic E-state index is -1.28. The van der Waals surface area contributed by atoms with Crippen LogP contribution < -0.4 is 21.3 Å². The van der Waals surface area contributed by atoms with Crippen molar-refractivity contribution in [2.45, 2.75) is 103 Å². The van der Waals surface area contributed by atoms with Crippen LogP contribution in [0, 0.1) is 40.8 Å². The number of β-amino-alcohol motifs (C(OH)–C–C–N with tert-alkyl or cyclic N) is 1. The second kappa shape index (κ2) is 26.3. The van der Waals surface area contributed by atoms with Gasteiger partial charge in [0.15, 0.2) is 17.4 Å². The van der Waals surface area contributed by atoms with Gasteiger partial charge in [-0.1, -0.05) is 62.5 Å². The number of nitrogens with zero attached hydrogens (tertiary/aromatic N) is 3. The fourth-order valence-corrected chi connectivity index (χ4v) is 9.67. The van der Waals surface area contributed by atoms with Crippen molar-refractivity contribution in [1.29, 1.82) is 0 Å². The fraction of sp³-hybridized carbons (Fsp3) is 0.451. The number of likely N-dealkylation sites (tertiary alicyclic amines) is 1. The van der Waals surface area contributed by atoms with Crippen molar-refractivity contribution in [3.63, 3.8) is 0 Å². The number of anilines is 2. The van der Waals surface area contributed by atoms with E-state index < -0.39 is 58.9 Å². The number of nitrogens with one attached hydrogen (secondary N) is 4. The molecule has 0 spiro atoms. The summed E-state index contributed by atoms with van der Waals surface area (Å²) in [5.74, 6) is -5.18. The van der Waals surface area contributed by atoms with Gasteiger partial charge in [0.05, 0.1) is 51.7 Å². The number of hydrogen-bond donors (Lipinski definition) is 5. The highest BCUT2D eigenvalue weighted by Gasteiger charge is 2.43. The van der Waals surface area contributed by atoms with Crippen molar-refractivity contribution >= 4 is 68.8 Å². The Morgan fingerprint density at radius 3 is 2.34 bits per heavy atom. The molecule has 2 aromatic heterocycles. The number of aliphatic hydroxyl groups is 1. The molecule has 1 saturated heterocycles. The molecule has 3 amide bonds. The van der Waals surface area contributed by atoms with Gasteiger partial charge in [-0.05, 0) is 116 Å². The molecule has 4 atom stereocenters. The van der Waals surface area contributed by atoms with Crippen molar-refractivity contribution in [2.75, 3.05) is 44.7 Å². The Kier molecular flexibility index (Phi) is 20.3. The van der Waals surface area contributed by atoms with Crippen molar-refractivity contribution < 1.29 is 46.7 Å². The summed E-state index contributed by atoms with van der Waals surface area (Å²) in [6.07, 6.45) is 4.34. The number of carbonyl (C=O) groups excluding carboxylic acids is 4. The minimum absolute atomic E-state index is 0.00698. The molecule has 70 heavy (non-hydrogen) atoms. The Bertz CT molecular complexity index is 2560. The monoisotopic (exact) mass is 1100 g/mol. The van der Waals surface area contributed by atoms with Gasteiger partial charge in [-0.2, -0.15) is 0 Å². The predicted molar refractivity (Wildman–Crippen MR) is 270 cm³/mol. The average molecular weight is 1100 g/mol. The maximum absolute atomic E-state index is 14.7. The molecule has 1 aliphatic heterocycles. The van der Waals surface area contributed by atoms with Gasteiger partial charge in [0.1, 0.15) is 30.1 Å². The lowest BCUT2D eigenvalue weighted by Gasteiger charge is -2.30. The summed E-state index contributed by atoms with van der Waals surface area (Å²) in [7, 11) is 0. The quantitative estimate of drug-likeness (QED) is 0.0202. The minimum Gasteiger partial charge on any atom is -0.391 e. The van der Waals surface area contributed by atoms with Gasteiger partial charge in [-0.25, -0.2) is 18.2 Å². The highest BCUT2D eigenvalue weighted by atomic mass is 127. The number of amides is 3. The molecule has 0 unspecified atom stereocenters. The maximum Gasteiger partial charge on any atom is 0.243 e. The molecular weight excluding hydrogens is 1040 g/mol. The molecule has 0 radical (unpaired) electrons. The summed E-state index contributed by atoms with van der Waals surface area (Å²) in [6.45, 7) is 9.32. The normalized spacial score (nSPS) is 15.5. The summed E-state index contributed by atoms with van der Waals surface area (Å²) in [5.41, 5.74) is 4.33. The molecule has 0 bridgehead atoms. The van der Waals surface area contributed by atoms with Crippen LogP contribution in [0.2, 0.25) is 0 Å². The number of carbonyl (C=O) groups is 4. The van der Waals surface area contributed by atoms with E-state index in [4.69, 9.17) is 9.26 Å². The van der Waals surface area contributed by atoms with E-state index in [-0.39, 0.29) is 61.6 Å². The number of rotatable bonds is 26. The lowest BCUT2D eigenvalue weighted by Crippen LogP contribution is -2.49. The average Bonchev–Trinajstić information content (AvgIpc) is 4.07. The third kappa shape index (κ3) is 14.9. The number of halogens is 4. The van der Waals surface area contributed by atoms with E-state index in [0.717, 1.165) is 72.5 Å². The third-order valence-electron chi connectivity index (χ3n) is 12.1. The Balaban J connectivity index is 0.903. The van der Waals surface area contributed by atoms with Crippen LogP contribution in [-0.4, -0.2) is 95.2 Å². The number of ketones is 1. The molecule has 14 nitrogen and oxygen atoms in total. The van der Waals surface area contributed by atoms with Crippen LogP contribution in [0.5, 0.6) is 0 Å². The first-order valence-corrected chi connectivity index (χ1v) is 25.6. The molecule has 3 aromatic carbocycles. The van der Waals surface area contributed by atoms with Gasteiger partial charge in [0.2, 0.25) is 17.7 Å². The molecule has 0 aliphatic carbocycles. The summed E-state index contributed by atoms with van der Waals surface area (Å²) in [4.78, 5) is 61.3. The SMILES string of the molecule is Cc1cc([C@H](C(=O)N2C[C@H](O)C[C@H]2C(=O)N[C@@H](CC(=O)NCCCCCCCNCCCOCC(=O)c2ccc(F)c(F)c2Nc2ccc(I)cc2F)c2ccc(-c3scnc3C)cc2)C(C)C)on1. The number of thiazole rings is 1. The lowest BCUT2D eigenvalue weighted by atomic mass is 9.91. The Hall–Kier alpha value is -5.22. The van der Waals surface area contributed by atoms with Crippen LogP contribution in [0.3, 0.4) is 0 Å². The summed E-state index contributed by atoms with van der Waals surface area (Å²) in [5, 5.41) is 26.6. The van der Waals surface area contributed by atoms with Gasteiger partial charge in [0, 0.05) is 41.3 Å². The summed E-state index contributed by atoms with van der Waals surface area (Å²) >= 11 is 3.46. The number of unbranched alkanes of at least 4 members (excludes halogenated alkanes) is 4. The number of aliphatic hydroxyl groups excluding tert-OH is 1. The number of ether oxygens (including phenoxy) is 1. The largest absolute Gasteiger partial charge is 0.391 e.